The Morgan fingerprint density at radius 3 is 2.38 bits per heavy atom. The number of rotatable bonds is 5. The average Bonchev–Trinajstić information content (AvgIpc) is 2.47. The van der Waals surface area contributed by atoms with Gasteiger partial charge in [0.05, 0.1) is 0 Å². The van der Waals surface area contributed by atoms with Crippen LogP contribution < -0.4 is 10.5 Å². The van der Waals surface area contributed by atoms with E-state index in [0.29, 0.717) is 0 Å². The molecule has 2 N–H and O–H groups in total. The van der Waals surface area contributed by atoms with Crippen molar-refractivity contribution in [3.8, 4) is 5.75 Å². The molecule has 4 nitrogen and oxygen atoms in total. The normalized spacial score (nSPS) is 15.2. The minimum atomic E-state index is -0.628. The Kier molecular flexibility index (Phi) is 4.81. The summed E-state index contributed by atoms with van der Waals surface area (Å²) in [6, 6.07) is 13.3. The van der Waals surface area contributed by atoms with Gasteiger partial charge < -0.3 is 15.2 Å². The summed E-state index contributed by atoms with van der Waals surface area (Å²) >= 11 is 0. The summed E-state index contributed by atoms with van der Waals surface area (Å²) in [5, 5.41) is 2.15. The monoisotopic (exact) mass is 287 g/mol. The second kappa shape index (κ2) is 6.59. The van der Waals surface area contributed by atoms with Crippen molar-refractivity contribution in [2.75, 3.05) is 0 Å². The van der Waals surface area contributed by atoms with E-state index < -0.39 is 12.0 Å². The average molecular weight is 287 g/mol. The predicted octanol–water partition coefficient (Wildman–Crippen LogP) is 2.89. The first-order valence-electron chi connectivity index (χ1n) is 7.09. The first-order chi connectivity index (χ1) is 9.99. The third-order valence-corrected chi connectivity index (χ3v) is 3.40. The molecular weight excluding hydrogens is 266 g/mol. The molecule has 0 unspecified atom stereocenters. The molecule has 21 heavy (non-hydrogen) atoms. The maximum absolute atomic E-state index is 11.5. The molecule has 0 saturated heterocycles. The minimum absolute atomic E-state index is 0.265. The van der Waals surface area contributed by atoms with Gasteiger partial charge in [0, 0.05) is 5.39 Å². The molecule has 0 bridgehead atoms. The zero-order valence-corrected chi connectivity index (χ0v) is 12.6. The predicted molar refractivity (Wildman–Crippen MR) is 83.2 cm³/mol. The van der Waals surface area contributed by atoms with Crippen LogP contribution in [-0.2, 0) is 9.53 Å². The van der Waals surface area contributed by atoms with Gasteiger partial charge in [0.1, 0.15) is 24.0 Å². The van der Waals surface area contributed by atoms with Crippen LogP contribution in [-0.4, -0.2) is 24.2 Å². The molecule has 0 saturated carbocycles. The van der Waals surface area contributed by atoms with E-state index in [1.54, 1.807) is 13.8 Å². The van der Waals surface area contributed by atoms with Crippen LogP contribution >= 0.6 is 0 Å². The standard InChI is InChI=1S/C17H21NO3/c1-11(18)17(19)21-13(3)12(2)20-16-10-6-8-14-7-4-5-9-15(14)16/h4-13H,18H2,1-3H3/t11-,12+,13-/m0/s1. The van der Waals surface area contributed by atoms with Gasteiger partial charge in [-0.05, 0) is 32.2 Å². The van der Waals surface area contributed by atoms with E-state index in [0.717, 1.165) is 16.5 Å². The van der Waals surface area contributed by atoms with E-state index in [2.05, 4.69) is 0 Å². The highest BCUT2D eigenvalue weighted by Crippen LogP contribution is 2.26. The molecular formula is C17H21NO3. The number of ether oxygens (including phenoxy) is 2. The first-order valence-corrected chi connectivity index (χ1v) is 7.09. The van der Waals surface area contributed by atoms with Crippen molar-refractivity contribution in [1.29, 1.82) is 0 Å². The van der Waals surface area contributed by atoms with Crippen molar-refractivity contribution < 1.29 is 14.3 Å². The van der Waals surface area contributed by atoms with Crippen LogP contribution in [0.2, 0.25) is 0 Å². The molecule has 2 rings (SSSR count). The zero-order chi connectivity index (χ0) is 15.4. The Bertz CT molecular complexity index is 619. The lowest BCUT2D eigenvalue weighted by Crippen LogP contribution is -2.37. The van der Waals surface area contributed by atoms with E-state index in [1.165, 1.54) is 0 Å². The summed E-state index contributed by atoms with van der Waals surface area (Å²) < 4.78 is 11.2. The molecule has 0 fully saturated rings. The molecule has 0 spiro atoms. The fourth-order valence-corrected chi connectivity index (χ4v) is 1.98. The number of benzene rings is 2. The molecule has 2 aromatic carbocycles. The maximum Gasteiger partial charge on any atom is 0.323 e. The number of fused-ring (bicyclic) bond motifs is 1. The third kappa shape index (κ3) is 3.73. The number of nitrogens with two attached hydrogens (primary N) is 1. The van der Waals surface area contributed by atoms with Gasteiger partial charge in [0.2, 0.25) is 0 Å². The van der Waals surface area contributed by atoms with Gasteiger partial charge >= 0.3 is 5.97 Å². The molecule has 0 aliphatic heterocycles. The zero-order valence-electron chi connectivity index (χ0n) is 12.6. The molecule has 0 heterocycles. The number of esters is 1. The van der Waals surface area contributed by atoms with E-state index in [-0.39, 0.29) is 12.2 Å². The molecule has 3 atom stereocenters. The number of carbonyl (C=O) groups is 1. The lowest BCUT2D eigenvalue weighted by molar-refractivity contribution is -0.153. The third-order valence-electron chi connectivity index (χ3n) is 3.40. The largest absolute Gasteiger partial charge is 0.486 e. The number of carbonyl (C=O) groups excluding carboxylic acids is 1. The van der Waals surface area contributed by atoms with Gasteiger partial charge in [-0.2, -0.15) is 0 Å². The second-order valence-corrected chi connectivity index (χ2v) is 5.23. The highest BCUT2D eigenvalue weighted by Gasteiger charge is 2.20. The SMILES string of the molecule is C[C@H](N)C(=O)O[C@@H](C)[C@@H](C)Oc1cccc2ccccc12. The number of hydrogen-bond acceptors (Lipinski definition) is 4. The van der Waals surface area contributed by atoms with Crippen LogP contribution in [0.15, 0.2) is 42.5 Å². The topological polar surface area (TPSA) is 61.6 Å². The summed E-state index contributed by atoms with van der Waals surface area (Å²) in [4.78, 5) is 11.5. The van der Waals surface area contributed by atoms with Gasteiger partial charge in [-0.3, -0.25) is 4.79 Å². The quantitative estimate of drug-likeness (QED) is 0.859. The summed E-state index contributed by atoms with van der Waals surface area (Å²) in [5.74, 6) is 0.361. The molecule has 0 amide bonds. The Labute approximate surface area is 124 Å². The van der Waals surface area contributed by atoms with E-state index >= 15 is 0 Å². The van der Waals surface area contributed by atoms with Gasteiger partial charge in [0.25, 0.3) is 0 Å². The first kappa shape index (κ1) is 15.3. The van der Waals surface area contributed by atoms with E-state index in [4.69, 9.17) is 15.2 Å². The van der Waals surface area contributed by atoms with Crippen LogP contribution in [0.1, 0.15) is 20.8 Å². The number of hydrogen-bond donors (Lipinski definition) is 1. The van der Waals surface area contributed by atoms with Crippen molar-refractivity contribution in [3.05, 3.63) is 42.5 Å². The van der Waals surface area contributed by atoms with Crippen LogP contribution in [0.4, 0.5) is 0 Å². The Morgan fingerprint density at radius 1 is 1.00 bits per heavy atom. The van der Waals surface area contributed by atoms with Gasteiger partial charge in [-0.15, -0.1) is 0 Å². The Morgan fingerprint density at radius 2 is 1.67 bits per heavy atom. The molecule has 0 radical (unpaired) electrons. The van der Waals surface area contributed by atoms with Gasteiger partial charge in [-0.25, -0.2) is 0 Å². The highest BCUT2D eigenvalue weighted by molar-refractivity contribution is 5.88. The van der Waals surface area contributed by atoms with Crippen molar-refractivity contribution in [3.63, 3.8) is 0 Å². The lowest BCUT2D eigenvalue weighted by Gasteiger charge is -2.23. The fraction of sp³-hybridized carbons (Fsp3) is 0.353. The highest BCUT2D eigenvalue weighted by atomic mass is 16.6. The Balaban J connectivity index is 2.11. The summed E-state index contributed by atoms with van der Waals surface area (Å²) in [6.07, 6.45) is -0.638. The molecule has 0 aliphatic carbocycles. The van der Waals surface area contributed by atoms with Crippen LogP contribution in [0.5, 0.6) is 5.75 Å². The van der Waals surface area contributed by atoms with Crippen molar-refractivity contribution in [2.45, 2.75) is 39.0 Å². The van der Waals surface area contributed by atoms with Gasteiger partial charge in [0.15, 0.2) is 0 Å². The van der Waals surface area contributed by atoms with Crippen LogP contribution in [0, 0.1) is 0 Å². The van der Waals surface area contributed by atoms with Crippen molar-refractivity contribution in [1.82, 2.24) is 0 Å². The van der Waals surface area contributed by atoms with Crippen LogP contribution in [0.3, 0.4) is 0 Å². The molecule has 0 aromatic heterocycles. The van der Waals surface area contributed by atoms with Crippen molar-refractivity contribution >= 4 is 16.7 Å². The summed E-state index contributed by atoms with van der Waals surface area (Å²) in [6.45, 7) is 5.28. The van der Waals surface area contributed by atoms with Gasteiger partial charge in [-0.1, -0.05) is 36.4 Å². The van der Waals surface area contributed by atoms with Crippen LogP contribution in [0.25, 0.3) is 10.8 Å². The second-order valence-electron chi connectivity index (χ2n) is 5.23. The Hall–Kier alpha value is -2.07. The van der Waals surface area contributed by atoms with E-state index in [9.17, 15) is 4.79 Å². The summed E-state index contributed by atoms with van der Waals surface area (Å²) in [5.41, 5.74) is 5.50. The minimum Gasteiger partial charge on any atom is -0.486 e. The molecule has 2 aromatic rings. The molecule has 0 aliphatic rings. The van der Waals surface area contributed by atoms with E-state index in [1.807, 2.05) is 49.4 Å². The lowest BCUT2D eigenvalue weighted by atomic mass is 10.1. The molecule has 4 heteroatoms. The smallest absolute Gasteiger partial charge is 0.323 e. The summed E-state index contributed by atoms with van der Waals surface area (Å²) in [7, 11) is 0. The fourth-order valence-electron chi connectivity index (χ4n) is 1.98. The molecule has 112 valence electrons. The maximum atomic E-state index is 11.5. The van der Waals surface area contributed by atoms with Crippen molar-refractivity contribution in [2.24, 2.45) is 5.73 Å².